The number of ether oxygens (including phenoxy) is 2. The molecule has 1 atom stereocenters. The smallest absolute Gasteiger partial charge is 0.103 e. The molecule has 1 aromatic carbocycles. The van der Waals surface area contributed by atoms with Gasteiger partial charge in [0.1, 0.15) is 4.99 Å². The van der Waals surface area contributed by atoms with Crippen molar-refractivity contribution in [3.63, 3.8) is 0 Å². The largest absolute Gasteiger partial charge is 0.389 e. The van der Waals surface area contributed by atoms with Crippen molar-refractivity contribution in [3.8, 4) is 0 Å². The Bertz CT molecular complexity index is 442. The molecule has 0 radical (unpaired) electrons. The summed E-state index contributed by atoms with van der Waals surface area (Å²) in [7, 11) is 0. The van der Waals surface area contributed by atoms with E-state index in [9.17, 15) is 0 Å². The number of hydrogen-bond donors (Lipinski definition) is 1. The first-order valence-electron chi connectivity index (χ1n) is 6.75. The molecule has 0 spiro atoms. The Labute approximate surface area is 120 Å². The highest BCUT2D eigenvalue weighted by molar-refractivity contribution is 7.80. The van der Waals surface area contributed by atoms with Crippen molar-refractivity contribution in [1.82, 2.24) is 0 Å². The van der Waals surface area contributed by atoms with E-state index in [2.05, 4.69) is 6.92 Å². The van der Waals surface area contributed by atoms with Crippen molar-refractivity contribution >= 4 is 17.2 Å². The lowest BCUT2D eigenvalue weighted by Gasteiger charge is -2.22. The van der Waals surface area contributed by atoms with E-state index in [1.54, 1.807) is 0 Å². The Morgan fingerprint density at radius 2 is 2.32 bits per heavy atom. The van der Waals surface area contributed by atoms with Crippen molar-refractivity contribution in [2.45, 2.75) is 38.9 Å². The van der Waals surface area contributed by atoms with Crippen molar-refractivity contribution < 1.29 is 9.47 Å². The van der Waals surface area contributed by atoms with Gasteiger partial charge < -0.3 is 15.2 Å². The molecule has 1 saturated heterocycles. The van der Waals surface area contributed by atoms with Crippen LogP contribution in [0.5, 0.6) is 0 Å². The average Bonchev–Trinajstić information content (AvgIpc) is 2.41. The van der Waals surface area contributed by atoms with Gasteiger partial charge in [-0.2, -0.15) is 0 Å². The van der Waals surface area contributed by atoms with E-state index in [-0.39, 0.29) is 6.10 Å². The maximum atomic E-state index is 5.75. The summed E-state index contributed by atoms with van der Waals surface area (Å²) in [5, 5.41) is 0. The first-order chi connectivity index (χ1) is 9.16. The van der Waals surface area contributed by atoms with Crippen molar-refractivity contribution in [2.24, 2.45) is 5.73 Å². The highest BCUT2D eigenvalue weighted by atomic mass is 32.1. The molecule has 1 aliphatic heterocycles. The third-order valence-corrected chi connectivity index (χ3v) is 3.70. The van der Waals surface area contributed by atoms with Crippen LogP contribution in [0.1, 0.15) is 36.0 Å². The first kappa shape index (κ1) is 14.4. The van der Waals surface area contributed by atoms with Crippen LogP contribution in [-0.4, -0.2) is 24.3 Å². The topological polar surface area (TPSA) is 44.5 Å². The summed E-state index contributed by atoms with van der Waals surface area (Å²) in [6.07, 6.45) is 3.80. The molecular weight excluding hydrogens is 258 g/mol. The molecule has 19 heavy (non-hydrogen) atoms. The number of hydrogen-bond acceptors (Lipinski definition) is 3. The van der Waals surface area contributed by atoms with Gasteiger partial charge in [-0.15, -0.1) is 0 Å². The number of rotatable bonds is 5. The van der Waals surface area contributed by atoms with Gasteiger partial charge in [0.15, 0.2) is 0 Å². The van der Waals surface area contributed by atoms with E-state index in [1.165, 1.54) is 18.4 Å². The molecule has 2 rings (SSSR count). The van der Waals surface area contributed by atoms with Crippen molar-refractivity contribution in [3.05, 3.63) is 34.9 Å². The van der Waals surface area contributed by atoms with Gasteiger partial charge in [-0.05, 0) is 43.4 Å². The SMILES string of the molecule is Cc1cc(C(N)=S)ccc1COCC1CCCCO1. The van der Waals surface area contributed by atoms with Crippen LogP contribution in [0.3, 0.4) is 0 Å². The number of benzene rings is 1. The second-order valence-corrected chi connectivity index (χ2v) is 5.45. The third-order valence-electron chi connectivity index (χ3n) is 3.46. The van der Waals surface area contributed by atoms with Gasteiger partial charge in [0, 0.05) is 12.2 Å². The van der Waals surface area contributed by atoms with Crippen LogP contribution in [-0.2, 0) is 16.1 Å². The van der Waals surface area contributed by atoms with Crippen LogP contribution in [0.4, 0.5) is 0 Å². The highest BCUT2D eigenvalue weighted by Crippen LogP contribution is 2.15. The zero-order valence-corrected chi connectivity index (χ0v) is 12.2. The number of aryl methyl sites for hydroxylation is 1. The second kappa shape index (κ2) is 6.98. The van der Waals surface area contributed by atoms with Gasteiger partial charge in [0.25, 0.3) is 0 Å². The summed E-state index contributed by atoms with van der Waals surface area (Å²) in [4.78, 5) is 0.436. The monoisotopic (exact) mass is 279 g/mol. The zero-order valence-electron chi connectivity index (χ0n) is 11.4. The number of nitrogens with two attached hydrogens (primary N) is 1. The van der Waals surface area contributed by atoms with Crippen LogP contribution < -0.4 is 5.73 Å². The van der Waals surface area contributed by atoms with E-state index in [4.69, 9.17) is 27.4 Å². The quantitative estimate of drug-likeness (QED) is 0.842. The summed E-state index contributed by atoms with van der Waals surface area (Å²) in [6, 6.07) is 5.99. The predicted molar refractivity (Wildman–Crippen MR) is 80.3 cm³/mol. The molecule has 0 aliphatic carbocycles. The van der Waals surface area contributed by atoms with Crippen molar-refractivity contribution in [2.75, 3.05) is 13.2 Å². The van der Waals surface area contributed by atoms with Crippen molar-refractivity contribution in [1.29, 1.82) is 0 Å². The van der Waals surface area contributed by atoms with Crippen LogP contribution in [0.15, 0.2) is 18.2 Å². The molecular formula is C15H21NO2S. The molecule has 1 aliphatic rings. The Balaban J connectivity index is 1.83. The van der Waals surface area contributed by atoms with Crippen LogP contribution in [0.25, 0.3) is 0 Å². The molecule has 2 N–H and O–H groups in total. The van der Waals surface area contributed by atoms with Gasteiger partial charge in [0.2, 0.25) is 0 Å². The second-order valence-electron chi connectivity index (χ2n) is 5.01. The maximum Gasteiger partial charge on any atom is 0.103 e. The minimum absolute atomic E-state index is 0.268. The number of thiocarbonyl (C=S) groups is 1. The Morgan fingerprint density at radius 1 is 1.47 bits per heavy atom. The van der Waals surface area contributed by atoms with E-state index in [0.29, 0.717) is 18.2 Å². The fraction of sp³-hybridized carbons (Fsp3) is 0.533. The van der Waals surface area contributed by atoms with E-state index >= 15 is 0 Å². The zero-order chi connectivity index (χ0) is 13.7. The summed E-state index contributed by atoms with van der Waals surface area (Å²) in [5.41, 5.74) is 8.86. The van der Waals surface area contributed by atoms with Gasteiger partial charge >= 0.3 is 0 Å². The van der Waals surface area contributed by atoms with E-state index in [0.717, 1.165) is 24.2 Å². The maximum absolute atomic E-state index is 5.75. The molecule has 1 aromatic rings. The van der Waals surface area contributed by atoms with Crippen LogP contribution in [0, 0.1) is 6.92 Å². The summed E-state index contributed by atoms with van der Waals surface area (Å²) < 4.78 is 11.4. The van der Waals surface area contributed by atoms with Gasteiger partial charge in [-0.1, -0.05) is 24.4 Å². The lowest BCUT2D eigenvalue weighted by atomic mass is 10.1. The Hall–Kier alpha value is -0.970. The normalized spacial score (nSPS) is 19.3. The molecule has 1 heterocycles. The predicted octanol–water partition coefficient (Wildman–Crippen LogP) is 2.71. The van der Waals surface area contributed by atoms with Crippen LogP contribution in [0.2, 0.25) is 0 Å². The van der Waals surface area contributed by atoms with Crippen LogP contribution >= 0.6 is 12.2 Å². The Kier molecular flexibility index (Phi) is 5.31. The van der Waals surface area contributed by atoms with Gasteiger partial charge in [-0.25, -0.2) is 0 Å². The van der Waals surface area contributed by atoms with E-state index in [1.807, 2.05) is 18.2 Å². The molecule has 0 saturated carbocycles. The lowest BCUT2D eigenvalue weighted by molar-refractivity contribution is -0.0448. The fourth-order valence-electron chi connectivity index (χ4n) is 2.25. The molecule has 0 bridgehead atoms. The van der Waals surface area contributed by atoms with Gasteiger partial charge in [0.05, 0.1) is 19.3 Å². The minimum Gasteiger partial charge on any atom is -0.389 e. The molecule has 1 fully saturated rings. The summed E-state index contributed by atoms with van der Waals surface area (Å²) in [5.74, 6) is 0. The molecule has 0 amide bonds. The summed E-state index contributed by atoms with van der Waals surface area (Å²) >= 11 is 4.97. The molecule has 1 unspecified atom stereocenters. The average molecular weight is 279 g/mol. The standard InChI is InChI=1S/C15H21NO2S/c1-11-8-12(15(16)19)5-6-13(11)9-17-10-14-4-2-3-7-18-14/h5-6,8,14H,2-4,7,9-10H2,1H3,(H2,16,19). The van der Waals surface area contributed by atoms with Gasteiger partial charge in [-0.3, -0.25) is 0 Å². The minimum atomic E-state index is 0.268. The molecule has 4 heteroatoms. The Morgan fingerprint density at radius 3 is 2.95 bits per heavy atom. The highest BCUT2D eigenvalue weighted by Gasteiger charge is 2.13. The molecule has 3 nitrogen and oxygen atoms in total. The molecule has 0 aromatic heterocycles. The lowest BCUT2D eigenvalue weighted by Crippen LogP contribution is -2.24. The first-order valence-corrected chi connectivity index (χ1v) is 7.16. The fourth-order valence-corrected chi connectivity index (χ4v) is 2.38. The molecule has 104 valence electrons. The summed E-state index contributed by atoms with van der Waals surface area (Å²) in [6.45, 7) is 4.22. The third kappa shape index (κ3) is 4.27. The van der Waals surface area contributed by atoms with E-state index < -0.39 is 0 Å².